The van der Waals surface area contributed by atoms with Crippen LogP contribution >= 0.6 is 0 Å². The highest BCUT2D eigenvalue weighted by molar-refractivity contribution is 7.92. The van der Waals surface area contributed by atoms with Gasteiger partial charge < -0.3 is 10.1 Å². The van der Waals surface area contributed by atoms with E-state index >= 15 is 0 Å². The van der Waals surface area contributed by atoms with Crippen molar-refractivity contribution in [1.29, 1.82) is 0 Å². The largest absolute Gasteiger partial charge is 0.383 e. The lowest BCUT2D eigenvalue weighted by atomic mass is 10.3. The number of rotatable bonds is 6. The summed E-state index contributed by atoms with van der Waals surface area (Å²) in [5, 5.41) is 0.962. The Labute approximate surface area is 115 Å². The van der Waals surface area contributed by atoms with Gasteiger partial charge in [0.25, 0.3) is 0 Å². The highest BCUT2D eigenvalue weighted by Crippen LogP contribution is 2.18. The van der Waals surface area contributed by atoms with Gasteiger partial charge in [-0.05, 0) is 25.1 Å². The van der Waals surface area contributed by atoms with Gasteiger partial charge in [0, 0.05) is 13.7 Å². The minimum atomic E-state index is -4.07. The van der Waals surface area contributed by atoms with Gasteiger partial charge in [-0.15, -0.1) is 0 Å². The highest BCUT2D eigenvalue weighted by Gasteiger charge is 2.30. The van der Waals surface area contributed by atoms with Crippen molar-refractivity contribution < 1.29 is 26.7 Å². The molecule has 8 heteroatoms. The Kier molecular flexibility index (Phi) is 5.58. The quantitative estimate of drug-likeness (QED) is 0.626. The summed E-state index contributed by atoms with van der Waals surface area (Å²) in [6, 6.07) is 2.19. The van der Waals surface area contributed by atoms with E-state index in [9.17, 15) is 22.0 Å². The fourth-order valence-corrected chi connectivity index (χ4v) is 2.72. The molecule has 1 aromatic rings. The number of amides is 1. The summed E-state index contributed by atoms with van der Waals surface area (Å²) in [5.74, 6) is -3.16. The molecule has 1 atom stereocenters. The fourth-order valence-electron chi connectivity index (χ4n) is 1.42. The van der Waals surface area contributed by atoms with E-state index in [-0.39, 0.29) is 13.2 Å². The standard InChI is InChI=1S/C12H15F2NO4S/c1-8(12(16)15-5-6-19-2)20(17,18)9-3-4-10(13)11(14)7-9/h3-4,7-8H,5-6H2,1-2H3,(H,15,16)/t8-/m1/s1. The summed E-state index contributed by atoms with van der Waals surface area (Å²) in [6.45, 7) is 1.58. The van der Waals surface area contributed by atoms with Crippen molar-refractivity contribution in [2.45, 2.75) is 17.1 Å². The molecule has 0 aliphatic rings. The fraction of sp³-hybridized carbons (Fsp3) is 0.417. The molecule has 1 aromatic carbocycles. The predicted octanol–water partition coefficient (Wildman–Crippen LogP) is 0.890. The Morgan fingerprint density at radius 2 is 2.00 bits per heavy atom. The highest BCUT2D eigenvalue weighted by atomic mass is 32.2. The predicted molar refractivity (Wildman–Crippen MR) is 67.9 cm³/mol. The molecule has 0 unspecified atom stereocenters. The molecule has 0 fully saturated rings. The topological polar surface area (TPSA) is 72.5 Å². The van der Waals surface area contributed by atoms with Gasteiger partial charge in [0.05, 0.1) is 11.5 Å². The van der Waals surface area contributed by atoms with Crippen molar-refractivity contribution in [3.63, 3.8) is 0 Å². The van der Waals surface area contributed by atoms with Gasteiger partial charge >= 0.3 is 0 Å². The first-order valence-corrected chi connectivity index (χ1v) is 7.31. The van der Waals surface area contributed by atoms with Gasteiger partial charge in [-0.25, -0.2) is 17.2 Å². The molecule has 5 nitrogen and oxygen atoms in total. The third kappa shape index (κ3) is 3.73. The zero-order valence-electron chi connectivity index (χ0n) is 11.0. The molecule has 0 aromatic heterocycles. The average molecular weight is 307 g/mol. The minimum Gasteiger partial charge on any atom is -0.383 e. The lowest BCUT2D eigenvalue weighted by molar-refractivity contribution is -0.120. The molecular formula is C12H15F2NO4S. The Morgan fingerprint density at radius 3 is 2.55 bits per heavy atom. The van der Waals surface area contributed by atoms with E-state index in [0.717, 1.165) is 6.07 Å². The number of methoxy groups -OCH3 is 1. The molecule has 0 bridgehead atoms. The molecule has 0 radical (unpaired) electrons. The number of sulfone groups is 1. The third-order valence-corrected chi connectivity index (χ3v) is 4.72. The Hall–Kier alpha value is -1.54. The van der Waals surface area contributed by atoms with Gasteiger partial charge in [0.15, 0.2) is 21.5 Å². The van der Waals surface area contributed by atoms with E-state index in [1.54, 1.807) is 0 Å². The number of hydrogen-bond donors (Lipinski definition) is 1. The van der Waals surface area contributed by atoms with Crippen LogP contribution in [0.4, 0.5) is 8.78 Å². The summed E-state index contributed by atoms with van der Waals surface area (Å²) in [6.07, 6.45) is 0. The van der Waals surface area contributed by atoms with Crippen molar-refractivity contribution in [3.8, 4) is 0 Å². The van der Waals surface area contributed by atoms with E-state index in [1.807, 2.05) is 0 Å². The second-order valence-corrected chi connectivity index (χ2v) is 6.32. The van der Waals surface area contributed by atoms with Crippen LogP contribution in [0.25, 0.3) is 0 Å². The number of benzene rings is 1. The van der Waals surface area contributed by atoms with Crippen LogP contribution in [-0.4, -0.2) is 39.8 Å². The smallest absolute Gasteiger partial charge is 0.238 e. The maximum atomic E-state index is 13.1. The maximum Gasteiger partial charge on any atom is 0.238 e. The van der Waals surface area contributed by atoms with Crippen LogP contribution in [0.2, 0.25) is 0 Å². The molecule has 0 spiro atoms. The first kappa shape index (κ1) is 16.5. The molecule has 1 rings (SSSR count). The van der Waals surface area contributed by atoms with Crippen LogP contribution in [0, 0.1) is 11.6 Å². The summed E-state index contributed by atoms with van der Waals surface area (Å²) in [7, 11) is -2.64. The van der Waals surface area contributed by atoms with Gasteiger partial charge in [-0.3, -0.25) is 4.79 Å². The third-order valence-electron chi connectivity index (χ3n) is 2.66. The Balaban J connectivity index is 2.91. The van der Waals surface area contributed by atoms with Crippen molar-refractivity contribution in [1.82, 2.24) is 5.32 Å². The molecule has 0 heterocycles. The molecule has 20 heavy (non-hydrogen) atoms. The van der Waals surface area contributed by atoms with Crippen molar-refractivity contribution >= 4 is 15.7 Å². The van der Waals surface area contributed by atoms with Crippen LogP contribution in [0.15, 0.2) is 23.1 Å². The number of carbonyl (C=O) groups is 1. The average Bonchev–Trinajstić information content (AvgIpc) is 2.40. The first-order chi connectivity index (χ1) is 9.30. The second kappa shape index (κ2) is 6.76. The maximum absolute atomic E-state index is 13.1. The number of hydrogen-bond acceptors (Lipinski definition) is 4. The zero-order chi connectivity index (χ0) is 15.3. The zero-order valence-corrected chi connectivity index (χ0v) is 11.8. The monoisotopic (exact) mass is 307 g/mol. The number of carbonyl (C=O) groups excluding carboxylic acids is 1. The molecule has 1 N–H and O–H groups in total. The second-order valence-electron chi connectivity index (χ2n) is 4.05. The summed E-state index contributed by atoms with van der Waals surface area (Å²) >= 11 is 0. The van der Waals surface area contributed by atoms with Crippen LogP contribution in [0.5, 0.6) is 0 Å². The SMILES string of the molecule is COCCNC(=O)[C@@H](C)S(=O)(=O)c1ccc(F)c(F)c1. The van der Waals surface area contributed by atoms with E-state index in [0.29, 0.717) is 12.1 Å². The van der Waals surface area contributed by atoms with E-state index < -0.39 is 37.5 Å². The minimum absolute atomic E-state index is 0.160. The van der Waals surface area contributed by atoms with Crippen LogP contribution in [-0.2, 0) is 19.4 Å². The number of halogens is 2. The molecule has 0 aliphatic carbocycles. The lowest BCUT2D eigenvalue weighted by Crippen LogP contribution is -2.39. The van der Waals surface area contributed by atoms with Gasteiger partial charge in [-0.2, -0.15) is 0 Å². The van der Waals surface area contributed by atoms with Crippen molar-refractivity contribution in [2.24, 2.45) is 0 Å². The molecule has 0 aliphatic heterocycles. The molecule has 0 saturated carbocycles. The van der Waals surface area contributed by atoms with E-state index in [1.165, 1.54) is 14.0 Å². The summed E-state index contributed by atoms with van der Waals surface area (Å²) < 4.78 is 54.7. The van der Waals surface area contributed by atoms with E-state index in [2.05, 4.69) is 5.32 Å². The normalized spacial score (nSPS) is 13.0. The van der Waals surface area contributed by atoms with Crippen molar-refractivity contribution in [2.75, 3.05) is 20.3 Å². The Bertz CT molecular complexity index is 589. The van der Waals surface area contributed by atoms with Gasteiger partial charge in [-0.1, -0.05) is 0 Å². The van der Waals surface area contributed by atoms with Crippen LogP contribution in [0.1, 0.15) is 6.92 Å². The molecule has 0 saturated heterocycles. The van der Waals surface area contributed by atoms with Crippen LogP contribution in [0.3, 0.4) is 0 Å². The first-order valence-electron chi connectivity index (χ1n) is 5.76. The number of ether oxygens (including phenoxy) is 1. The van der Waals surface area contributed by atoms with Gasteiger partial charge in [0.2, 0.25) is 5.91 Å². The number of nitrogens with one attached hydrogen (secondary N) is 1. The lowest BCUT2D eigenvalue weighted by Gasteiger charge is -2.13. The van der Waals surface area contributed by atoms with Gasteiger partial charge in [0.1, 0.15) is 5.25 Å². The molecule has 112 valence electrons. The van der Waals surface area contributed by atoms with Crippen LogP contribution < -0.4 is 5.32 Å². The molecular weight excluding hydrogens is 292 g/mol. The summed E-state index contributed by atoms with van der Waals surface area (Å²) in [5.41, 5.74) is 0. The molecule has 1 amide bonds. The van der Waals surface area contributed by atoms with E-state index in [4.69, 9.17) is 4.74 Å². The summed E-state index contributed by atoms with van der Waals surface area (Å²) in [4.78, 5) is 11.2. The Morgan fingerprint density at radius 1 is 1.35 bits per heavy atom. The van der Waals surface area contributed by atoms with Crippen molar-refractivity contribution in [3.05, 3.63) is 29.8 Å².